The topological polar surface area (TPSA) is 95.2 Å². The number of carbonyl (C=O) groups excluding carboxylic acids is 1. The molecule has 0 bridgehead atoms. The van der Waals surface area contributed by atoms with Crippen LogP contribution in [0.15, 0.2) is 59.8 Å². The highest BCUT2D eigenvalue weighted by molar-refractivity contribution is 7.98. The fourth-order valence-electron chi connectivity index (χ4n) is 2.76. The third kappa shape index (κ3) is 4.97. The lowest BCUT2D eigenvalue weighted by Crippen LogP contribution is -2.12. The number of hydrogen-bond acceptors (Lipinski definition) is 7. The number of ether oxygens (including phenoxy) is 1. The van der Waals surface area contributed by atoms with Crippen molar-refractivity contribution >= 4 is 23.4 Å². The molecule has 0 aliphatic carbocycles. The van der Waals surface area contributed by atoms with Crippen molar-refractivity contribution in [1.29, 1.82) is 0 Å². The van der Waals surface area contributed by atoms with Crippen molar-refractivity contribution in [2.45, 2.75) is 24.8 Å². The molecule has 1 aromatic heterocycles. The van der Waals surface area contributed by atoms with Gasteiger partial charge in [0.25, 0.3) is 5.69 Å². The van der Waals surface area contributed by atoms with Gasteiger partial charge in [0.05, 0.1) is 22.9 Å². The van der Waals surface area contributed by atoms with Crippen molar-refractivity contribution in [3.8, 4) is 11.3 Å². The van der Waals surface area contributed by atoms with Crippen LogP contribution in [-0.4, -0.2) is 27.5 Å². The lowest BCUT2D eigenvalue weighted by molar-refractivity contribution is -0.384. The number of non-ortho nitro benzene ring substituents is 1. The Balaban J connectivity index is 2.04. The summed E-state index contributed by atoms with van der Waals surface area (Å²) in [6, 6.07) is 15.9. The number of carbonyl (C=O) groups is 1. The van der Waals surface area contributed by atoms with Gasteiger partial charge in [0.2, 0.25) is 0 Å². The molecule has 3 rings (SSSR count). The molecule has 0 aliphatic rings. The SMILES string of the molecule is CCOC(=O)c1c(C)nc(SCc2ccccc2)nc1-c1cccc([N+](=O)[O-])c1. The molecule has 0 atom stereocenters. The van der Waals surface area contributed by atoms with Crippen LogP contribution in [0.25, 0.3) is 11.3 Å². The Morgan fingerprint density at radius 3 is 2.59 bits per heavy atom. The Morgan fingerprint density at radius 2 is 1.90 bits per heavy atom. The standard InChI is InChI=1S/C21H19N3O4S/c1-3-28-20(25)18-14(2)22-21(29-13-15-8-5-4-6-9-15)23-19(18)16-10-7-11-17(12-16)24(26)27/h4-12H,3,13H2,1-2H3. The van der Waals surface area contributed by atoms with Crippen LogP contribution in [0.4, 0.5) is 5.69 Å². The third-order valence-electron chi connectivity index (χ3n) is 4.09. The summed E-state index contributed by atoms with van der Waals surface area (Å²) in [5.74, 6) is 0.110. The minimum Gasteiger partial charge on any atom is -0.462 e. The van der Waals surface area contributed by atoms with Gasteiger partial charge in [0.1, 0.15) is 5.56 Å². The summed E-state index contributed by atoms with van der Waals surface area (Å²) in [5, 5.41) is 11.7. The van der Waals surface area contributed by atoms with Gasteiger partial charge in [0.15, 0.2) is 5.16 Å². The zero-order valence-electron chi connectivity index (χ0n) is 16.0. The van der Waals surface area contributed by atoms with Crippen LogP contribution >= 0.6 is 11.8 Å². The summed E-state index contributed by atoms with van der Waals surface area (Å²) in [6.45, 7) is 3.63. The van der Waals surface area contributed by atoms with Gasteiger partial charge in [0, 0.05) is 23.4 Å². The number of hydrogen-bond donors (Lipinski definition) is 0. The summed E-state index contributed by atoms with van der Waals surface area (Å²) in [7, 11) is 0. The first kappa shape index (κ1) is 20.5. The van der Waals surface area contributed by atoms with E-state index in [4.69, 9.17) is 4.74 Å². The first-order chi connectivity index (χ1) is 14.0. The predicted octanol–water partition coefficient (Wildman–Crippen LogP) is 4.83. The number of rotatable bonds is 7. The van der Waals surface area contributed by atoms with E-state index in [2.05, 4.69) is 9.97 Å². The average Bonchev–Trinajstić information content (AvgIpc) is 2.72. The van der Waals surface area contributed by atoms with Crippen LogP contribution in [0.3, 0.4) is 0 Å². The molecule has 1 heterocycles. The van der Waals surface area contributed by atoms with E-state index in [1.807, 2.05) is 30.3 Å². The van der Waals surface area contributed by atoms with Crippen LogP contribution in [0.1, 0.15) is 28.5 Å². The van der Waals surface area contributed by atoms with Crippen LogP contribution < -0.4 is 0 Å². The second kappa shape index (κ2) is 9.29. The highest BCUT2D eigenvalue weighted by atomic mass is 32.2. The van der Waals surface area contributed by atoms with Crippen molar-refractivity contribution in [3.63, 3.8) is 0 Å². The van der Waals surface area contributed by atoms with Gasteiger partial charge in [-0.25, -0.2) is 14.8 Å². The van der Waals surface area contributed by atoms with Crippen LogP contribution in [0.5, 0.6) is 0 Å². The second-order valence-electron chi connectivity index (χ2n) is 6.12. The molecule has 0 aliphatic heterocycles. The molecule has 0 spiro atoms. The molecule has 0 unspecified atom stereocenters. The van der Waals surface area contributed by atoms with Crippen molar-refractivity contribution in [2.24, 2.45) is 0 Å². The normalized spacial score (nSPS) is 10.6. The van der Waals surface area contributed by atoms with Gasteiger partial charge in [-0.05, 0) is 19.4 Å². The Hall–Kier alpha value is -3.26. The number of esters is 1. The fraction of sp³-hybridized carbons (Fsp3) is 0.190. The van der Waals surface area contributed by atoms with Crippen molar-refractivity contribution in [2.75, 3.05) is 6.61 Å². The van der Waals surface area contributed by atoms with Crippen LogP contribution in [0.2, 0.25) is 0 Å². The molecule has 148 valence electrons. The first-order valence-electron chi connectivity index (χ1n) is 8.97. The molecule has 0 radical (unpaired) electrons. The van der Waals surface area contributed by atoms with E-state index in [0.717, 1.165) is 5.56 Å². The van der Waals surface area contributed by atoms with Gasteiger partial charge in [-0.3, -0.25) is 10.1 Å². The number of nitro groups is 1. The van der Waals surface area contributed by atoms with Gasteiger partial charge < -0.3 is 4.74 Å². The summed E-state index contributed by atoms with van der Waals surface area (Å²) in [4.78, 5) is 32.2. The number of benzene rings is 2. The molecular formula is C21H19N3O4S. The lowest BCUT2D eigenvalue weighted by atomic mass is 10.0. The number of nitrogens with zero attached hydrogens (tertiary/aromatic N) is 3. The zero-order chi connectivity index (χ0) is 20.8. The zero-order valence-corrected chi connectivity index (χ0v) is 16.8. The monoisotopic (exact) mass is 409 g/mol. The maximum Gasteiger partial charge on any atom is 0.342 e. The summed E-state index contributed by atoms with van der Waals surface area (Å²) in [6.07, 6.45) is 0. The van der Waals surface area contributed by atoms with E-state index in [1.165, 1.54) is 23.9 Å². The number of thioether (sulfide) groups is 1. The highest BCUT2D eigenvalue weighted by Gasteiger charge is 2.22. The van der Waals surface area contributed by atoms with E-state index in [1.54, 1.807) is 26.0 Å². The van der Waals surface area contributed by atoms with Gasteiger partial charge in [-0.2, -0.15) is 0 Å². The van der Waals surface area contributed by atoms with E-state index in [9.17, 15) is 14.9 Å². The van der Waals surface area contributed by atoms with Crippen molar-refractivity contribution in [3.05, 3.63) is 81.5 Å². The lowest BCUT2D eigenvalue weighted by Gasteiger charge is -2.12. The van der Waals surface area contributed by atoms with Crippen molar-refractivity contribution < 1.29 is 14.5 Å². The molecule has 2 aromatic carbocycles. The quantitative estimate of drug-likeness (QED) is 0.181. The maximum absolute atomic E-state index is 12.5. The largest absolute Gasteiger partial charge is 0.462 e. The minimum absolute atomic E-state index is 0.0768. The maximum atomic E-state index is 12.5. The summed E-state index contributed by atoms with van der Waals surface area (Å²) < 4.78 is 5.16. The predicted molar refractivity (Wildman–Crippen MR) is 111 cm³/mol. The summed E-state index contributed by atoms with van der Waals surface area (Å²) in [5.41, 5.74) is 2.52. The van der Waals surface area contributed by atoms with E-state index in [0.29, 0.717) is 27.9 Å². The number of aryl methyl sites for hydroxylation is 1. The Kier molecular flexibility index (Phi) is 6.56. The Bertz CT molecular complexity index is 1040. The number of aromatic nitrogens is 2. The molecule has 0 saturated carbocycles. The van der Waals surface area contributed by atoms with E-state index >= 15 is 0 Å². The highest BCUT2D eigenvalue weighted by Crippen LogP contribution is 2.30. The Labute approximate surface area is 172 Å². The van der Waals surface area contributed by atoms with E-state index < -0.39 is 10.9 Å². The van der Waals surface area contributed by atoms with Gasteiger partial charge >= 0.3 is 5.97 Å². The minimum atomic E-state index is -0.550. The average molecular weight is 409 g/mol. The molecule has 3 aromatic rings. The molecule has 0 fully saturated rings. The third-order valence-corrected chi connectivity index (χ3v) is 5.01. The van der Waals surface area contributed by atoms with Crippen molar-refractivity contribution in [1.82, 2.24) is 9.97 Å². The molecule has 0 saturated heterocycles. The van der Waals surface area contributed by atoms with Crippen LogP contribution in [0, 0.1) is 17.0 Å². The van der Waals surface area contributed by atoms with Gasteiger partial charge in [-0.15, -0.1) is 0 Å². The number of nitro benzene ring substituents is 1. The second-order valence-corrected chi connectivity index (χ2v) is 7.06. The molecule has 0 N–H and O–H groups in total. The summed E-state index contributed by atoms with van der Waals surface area (Å²) >= 11 is 1.43. The molecule has 7 nitrogen and oxygen atoms in total. The van der Waals surface area contributed by atoms with E-state index in [-0.39, 0.29) is 17.9 Å². The first-order valence-corrected chi connectivity index (χ1v) is 9.95. The molecular weight excluding hydrogens is 390 g/mol. The van der Waals surface area contributed by atoms with Crippen LogP contribution in [-0.2, 0) is 10.5 Å². The molecule has 0 amide bonds. The fourth-order valence-corrected chi connectivity index (χ4v) is 3.60. The molecule has 29 heavy (non-hydrogen) atoms. The smallest absolute Gasteiger partial charge is 0.342 e. The van der Waals surface area contributed by atoms with Gasteiger partial charge in [-0.1, -0.05) is 54.2 Å². The Morgan fingerprint density at radius 1 is 1.14 bits per heavy atom. The molecule has 8 heteroatoms.